The third-order valence-electron chi connectivity index (χ3n) is 7.45. The molecule has 0 spiro atoms. The normalized spacial score (nSPS) is 25.7. The molecular formula is C31H36FN2O10P. The van der Waals surface area contributed by atoms with E-state index >= 15 is 4.39 Å². The number of nitrogens with one attached hydrogen (secondary N) is 1. The fourth-order valence-electron chi connectivity index (χ4n) is 4.62. The average molecular weight is 647 g/mol. The van der Waals surface area contributed by atoms with E-state index in [1.165, 1.54) is 45.2 Å². The Balaban J connectivity index is 1.41. The van der Waals surface area contributed by atoms with Crippen molar-refractivity contribution in [3.05, 3.63) is 78.5 Å². The van der Waals surface area contributed by atoms with Crippen LogP contribution in [-0.2, 0) is 49.1 Å². The zero-order valence-electron chi connectivity index (χ0n) is 25.3. The molecule has 1 amide bonds. The van der Waals surface area contributed by atoms with E-state index in [1.807, 2.05) is 6.07 Å². The molecule has 0 aliphatic carbocycles. The summed E-state index contributed by atoms with van der Waals surface area (Å²) in [7, 11) is -4.37. The van der Waals surface area contributed by atoms with Crippen molar-refractivity contribution >= 4 is 31.4 Å². The number of ketones is 1. The molecule has 1 fully saturated rings. The highest BCUT2D eigenvalue weighted by molar-refractivity contribution is 7.52. The first kappa shape index (κ1) is 34.0. The maximum absolute atomic E-state index is 15.9. The number of rotatable bonds is 13. The Morgan fingerprint density at radius 3 is 2.38 bits per heavy atom. The minimum Gasteiger partial charge on any atom is -0.458 e. The molecule has 2 aromatic carbocycles. The van der Waals surface area contributed by atoms with Crippen LogP contribution < -0.4 is 9.61 Å². The third-order valence-corrected chi connectivity index (χ3v) is 9.10. The van der Waals surface area contributed by atoms with Crippen LogP contribution in [0.2, 0.25) is 0 Å². The molecule has 0 radical (unpaired) electrons. The number of nitrogens with zero attached hydrogens (tertiary/aromatic N) is 1. The fraction of sp³-hybridized carbons (Fsp3) is 0.419. The van der Waals surface area contributed by atoms with Gasteiger partial charge in [0.15, 0.2) is 23.8 Å². The minimum absolute atomic E-state index is 0.00982. The van der Waals surface area contributed by atoms with Crippen LogP contribution in [0.15, 0.2) is 72.9 Å². The van der Waals surface area contributed by atoms with Gasteiger partial charge in [0.2, 0.25) is 5.91 Å². The van der Waals surface area contributed by atoms with Crippen LogP contribution in [0, 0.1) is 5.92 Å². The van der Waals surface area contributed by atoms with Crippen molar-refractivity contribution < 1.29 is 51.4 Å². The maximum Gasteiger partial charge on any atom is 0.459 e. The molecule has 7 atom stereocenters. The Morgan fingerprint density at radius 2 is 1.73 bits per heavy atom. The SMILES string of the molecule is C[C@H](NP(=O)(OC[C@H]1O[C@@H](N2C=CC(=O)CC2=O)[C@](C)(F)[C@@H]1C)Oc1ccccc1)C(=O)O[C@@H](C)C(=O)OCc1ccccc1. The standard InChI is InChI=1S/C31H36FN2O10P/c1-20-26(43-30(31(20,4)32)34-16-15-24(35)17-27(34)36)19-41-45(39,44-25-13-9-6-10-14-25)33-21(2)28(37)42-22(3)29(38)40-18-23-11-7-5-8-12-23/h5-16,20-22,26,30H,17-19H2,1-4H3,(H,33,39)/t20-,21+,22+,26-,30-,31-,45?/m1/s1. The van der Waals surface area contributed by atoms with Gasteiger partial charge < -0.3 is 18.7 Å². The highest BCUT2D eigenvalue weighted by Crippen LogP contribution is 2.48. The van der Waals surface area contributed by atoms with Gasteiger partial charge in [-0.25, -0.2) is 13.8 Å². The number of benzene rings is 2. The van der Waals surface area contributed by atoms with Gasteiger partial charge in [-0.3, -0.25) is 23.8 Å². The molecule has 1 N–H and O–H groups in total. The summed E-state index contributed by atoms with van der Waals surface area (Å²) in [6, 6.07) is 15.7. The number of hydrogen-bond acceptors (Lipinski definition) is 10. The summed E-state index contributed by atoms with van der Waals surface area (Å²) in [6.07, 6.45) is -1.69. The third kappa shape index (κ3) is 8.64. The van der Waals surface area contributed by atoms with Gasteiger partial charge in [-0.05, 0) is 44.5 Å². The van der Waals surface area contributed by atoms with Crippen molar-refractivity contribution in [1.29, 1.82) is 0 Å². The number of esters is 2. The Labute approximate surface area is 260 Å². The molecule has 2 aromatic rings. The Morgan fingerprint density at radius 1 is 1.09 bits per heavy atom. The number of amides is 1. The summed E-state index contributed by atoms with van der Waals surface area (Å²) in [4.78, 5) is 50.3. The van der Waals surface area contributed by atoms with Crippen LogP contribution in [0.5, 0.6) is 5.75 Å². The van der Waals surface area contributed by atoms with Crippen molar-refractivity contribution in [2.75, 3.05) is 6.61 Å². The molecule has 0 bridgehead atoms. The highest BCUT2D eigenvalue weighted by atomic mass is 31.2. The van der Waals surface area contributed by atoms with Gasteiger partial charge >= 0.3 is 19.7 Å². The quantitative estimate of drug-likeness (QED) is 0.189. The van der Waals surface area contributed by atoms with E-state index in [-0.39, 0.29) is 12.4 Å². The number of ether oxygens (including phenoxy) is 3. The number of para-hydroxylation sites is 1. The van der Waals surface area contributed by atoms with Crippen molar-refractivity contribution in [3.63, 3.8) is 0 Å². The summed E-state index contributed by atoms with van der Waals surface area (Å²) in [5, 5.41) is 2.51. The summed E-state index contributed by atoms with van der Waals surface area (Å²) >= 11 is 0. The van der Waals surface area contributed by atoms with Gasteiger partial charge in [-0.2, -0.15) is 5.09 Å². The summed E-state index contributed by atoms with van der Waals surface area (Å²) in [5.41, 5.74) is -1.31. The lowest BCUT2D eigenvalue weighted by Crippen LogP contribution is -2.49. The molecule has 1 saturated heterocycles. The van der Waals surface area contributed by atoms with Gasteiger partial charge in [0.1, 0.15) is 18.4 Å². The number of allylic oxidation sites excluding steroid dienone is 1. The van der Waals surface area contributed by atoms with Crippen molar-refractivity contribution in [2.24, 2.45) is 5.92 Å². The lowest BCUT2D eigenvalue weighted by Gasteiger charge is -2.33. The predicted molar refractivity (Wildman–Crippen MR) is 158 cm³/mol. The highest BCUT2D eigenvalue weighted by Gasteiger charge is 2.56. The largest absolute Gasteiger partial charge is 0.459 e. The molecule has 0 aromatic heterocycles. The lowest BCUT2D eigenvalue weighted by molar-refractivity contribution is -0.168. The van der Waals surface area contributed by atoms with Gasteiger partial charge in [-0.15, -0.1) is 0 Å². The second kappa shape index (κ2) is 14.5. The molecule has 242 valence electrons. The zero-order chi connectivity index (χ0) is 32.8. The second-order valence-corrected chi connectivity index (χ2v) is 12.6. The molecule has 0 saturated carbocycles. The van der Waals surface area contributed by atoms with Crippen LogP contribution in [0.4, 0.5) is 4.39 Å². The summed E-state index contributed by atoms with van der Waals surface area (Å²) in [5.74, 6) is -3.44. The molecule has 14 heteroatoms. The molecule has 4 rings (SSSR count). The number of alkyl halides is 1. The molecular weight excluding hydrogens is 610 g/mol. The predicted octanol–water partition coefficient (Wildman–Crippen LogP) is 4.25. The molecule has 2 aliphatic rings. The van der Waals surface area contributed by atoms with Gasteiger partial charge in [0.25, 0.3) is 0 Å². The van der Waals surface area contributed by atoms with Gasteiger partial charge in [0.05, 0.1) is 19.1 Å². The first-order valence-corrected chi connectivity index (χ1v) is 15.9. The Bertz CT molecular complexity index is 1450. The summed E-state index contributed by atoms with van der Waals surface area (Å²) in [6.45, 7) is 5.03. The molecule has 45 heavy (non-hydrogen) atoms. The van der Waals surface area contributed by atoms with E-state index in [0.29, 0.717) is 0 Å². The van der Waals surface area contributed by atoms with Gasteiger partial charge in [-0.1, -0.05) is 55.5 Å². The second-order valence-electron chi connectivity index (χ2n) is 10.9. The number of halogens is 1. The molecule has 12 nitrogen and oxygen atoms in total. The summed E-state index contributed by atoms with van der Waals surface area (Å²) < 4.78 is 57.5. The van der Waals surface area contributed by atoms with Crippen molar-refractivity contribution in [3.8, 4) is 5.75 Å². The number of carbonyl (C=O) groups is 4. The first-order chi connectivity index (χ1) is 21.3. The first-order valence-electron chi connectivity index (χ1n) is 14.3. The van der Waals surface area contributed by atoms with Crippen LogP contribution in [0.3, 0.4) is 0 Å². The maximum atomic E-state index is 15.9. The Hall–Kier alpha value is -3.90. The van der Waals surface area contributed by atoms with Crippen molar-refractivity contribution in [2.45, 2.75) is 70.9 Å². The van der Waals surface area contributed by atoms with Crippen LogP contribution in [0.25, 0.3) is 0 Å². The van der Waals surface area contributed by atoms with E-state index in [0.717, 1.165) is 10.5 Å². The smallest absolute Gasteiger partial charge is 0.458 e. The van der Waals surface area contributed by atoms with E-state index in [9.17, 15) is 23.7 Å². The number of hydrogen-bond donors (Lipinski definition) is 1. The van der Waals surface area contributed by atoms with E-state index in [2.05, 4.69) is 5.09 Å². The molecule has 1 unspecified atom stereocenters. The van der Waals surface area contributed by atoms with Crippen molar-refractivity contribution in [1.82, 2.24) is 9.99 Å². The Kier molecular flexibility index (Phi) is 10.9. The number of carbonyl (C=O) groups excluding carboxylic acids is 4. The lowest BCUT2D eigenvalue weighted by atomic mass is 9.89. The van der Waals surface area contributed by atoms with E-state index < -0.39 is 80.5 Å². The van der Waals surface area contributed by atoms with E-state index in [4.69, 9.17) is 23.3 Å². The topological polar surface area (TPSA) is 147 Å². The minimum atomic E-state index is -4.37. The van der Waals surface area contributed by atoms with Crippen LogP contribution in [-0.4, -0.2) is 65.3 Å². The molecule has 2 heterocycles. The average Bonchev–Trinajstić information content (AvgIpc) is 3.23. The fourth-order valence-corrected chi connectivity index (χ4v) is 6.12. The van der Waals surface area contributed by atoms with E-state index in [1.54, 1.807) is 49.4 Å². The van der Waals surface area contributed by atoms with Crippen LogP contribution >= 0.6 is 7.75 Å². The zero-order valence-corrected chi connectivity index (χ0v) is 26.2. The van der Waals surface area contributed by atoms with Gasteiger partial charge in [0, 0.05) is 12.1 Å². The van der Waals surface area contributed by atoms with Crippen LogP contribution in [0.1, 0.15) is 39.7 Å². The monoisotopic (exact) mass is 646 g/mol. The molecule has 2 aliphatic heterocycles.